The van der Waals surface area contributed by atoms with Crippen molar-refractivity contribution in [2.75, 3.05) is 6.61 Å². The van der Waals surface area contributed by atoms with Gasteiger partial charge in [-0.05, 0) is 12.8 Å². The maximum atomic E-state index is 11.7. The van der Waals surface area contributed by atoms with Crippen LogP contribution >= 0.6 is 0 Å². The van der Waals surface area contributed by atoms with Gasteiger partial charge in [0.15, 0.2) is 6.10 Å². The van der Waals surface area contributed by atoms with Crippen LogP contribution in [0.4, 0.5) is 0 Å². The molecular formula is C26H52O3. The van der Waals surface area contributed by atoms with Gasteiger partial charge in [-0.25, -0.2) is 4.79 Å². The second-order valence-electron chi connectivity index (χ2n) is 8.84. The molecule has 1 atom stereocenters. The molecule has 0 rings (SSSR count). The zero-order valence-electron chi connectivity index (χ0n) is 19.9. The number of rotatable bonds is 23. The van der Waals surface area contributed by atoms with Crippen molar-refractivity contribution in [1.29, 1.82) is 0 Å². The monoisotopic (exact) mass is 412 g/mol. The van der Waals surface area contributed by atoms with Crippen molar-refractivity contribution in [3.8, 4) is 0 Å². The summed E-state index contributed by atoms with van der Waals surface area (Å²) in [5, 5.41) is 9.78. The number of carbonyl (C=O) groups is 1. The van der Waals surface area contributed by atoms with Crippen LogP contribution in [-0.4, -0.2) is 23.8 Å². The third kappa shape index (κ3) is 21.9. The first-order valence-electron chi connectivity index (χ1n) is 13.1. The summed E-state index contributed by atoms with van der Waals surface area (Å²) in [6.07, 6.45) is 25.4. The molecule has 3 heteroatoms. The molecule has 0 spiro atoms. The maximum absolute atomic E-state index is 11.7. The fourth-order valence-corrected chi connectivity index (χ4v) is 3.80. The highest BCUT2D eigenvalue weighted by Gasteiger charge is 2.15. The normalized spacial score (nSPS) is 12.2. The highest BCUT2D eigenvalue weighted by Crippen LogP contribution is 2.14. The zero-order valence-corrected chi connectivity index (χ0v) is 19.9. The van der Waals surface area contributed by atoms with Crippen molar-refractivity contribution in [3.05, 3.63) is 0 Å². The first kappa shape index (κ1) is 28.4. The van der Waals surface area contributed by atoms with E-state index < -0.39 is 12.1 Å². The molecule has 0 aromatic rings. The summed E-state index contributed by atoms with van der Waals surface area (Å²) in [6.45, 7) is 4.90. The Hall–Kier alpha value is -0.570. The van der Waals surface area contributed by atoms with E-state index in [2.05, 4.69) is 13.8 Å². The highest BCUT2D eigenvalue weighted by molar-refractivity contribution is 5.74. The Morgan fingerprint density at radius 3 is 1.34 bits per heavy atom. The summed E-state index contributed by atoms with van der Waals surface area (Å²) in [5.74, 6) is -0.428. The lowest BCUT2D eigenvalue weighted by molar-refractivity contribution is -0.154. The Morgan fingerprint density at radius 1 is 0.586 bits per heavy atom. The molecule has 0 aromatic heterocycles. The Labute approximate surface area is 182 Å². The van der Waals surface area contributed by atoms with Gasteiger partial charge in [-0.1, -0.05) is 136 Å². The van der Waals surface area contributed by atoms with Gasteiger partial charge in [-0.2, -0.15) is 0 Å². The molecule has 174 valence electrons. The first-order valence-corrected chi connectivity index (χ1v) is 13.1. The Balaban J connectivity index is 3.20. The number of hydrogen-bond acceptors (Lipinski definition) is 3. The van der Waals surface area contributed by atoms with Gasteiger partial charge in [0.1, 0.15) is 0 Å². The molecule has 0 aliphatic rings. The van der Waals surface area contributed by atoms with Gasteiger partial charge < -0.3 is 9.84 Å². The van der Waals surface area contributed by atoms with Crippen molar-refractivity contribution in [2.45, 2.75) is 155 Å². The van der Waals surface area contributed by atoms with Crippen LogP contribution in [0.3, 0.4) is 0 Å². The molecule has 0 amide bonds. The van der Waals surface area contributed by atoms with Gasteiger partial charge in [0, 0.05) is 0 Å². The van der Waals surface area contributed by atoms with Crippen LogP contribution in [0.1, 0.15) is 149 Å². The molecule has 29 heavy (non-hydrogen) atoms. The van der Waals surface area contributed by atoms with Crippen molar-refractivity contribution in [2.24, 2.45) is 0 Å². The molecule has 0 radical (unpaired) electrons. The number of hydrogen-bond donors (Lipinski definition) is 1. The lowest BCUT2D eigenvalue weighted by Gasteiger charge is -2.10. The summed E-state index contributed by atoms with van der Waals surface area (Å²) in [7, 11) is 0. The second-order valence-corrected chi connectivity index (χ2v) is 8.84. The Bertz CT molecular complexity index is 330. The predicted molar refractivity (Wildman–Crippen MR) is 125 cm³/mol. The van der Waals surface area contributed by atoms with Crippen molar-refractivity contribution >= 4 is 5.97 Å². The van der Waals surface area contributed by atoms with E-state index >= 15 is 0 Å². The lowest BCUT2D eigenvalue weighted by Crippen LogP contribution is -2.23. The van der Waals surface area contributed by atoms with Crippen molar-refractivity contribution in [3.63, 3.8) is 0 Å². The molecule has 3 nitrogen and oxygen atoms in total. The van der Waals surface area contributed by atoms with E-state index in [1.54, 1.807) is 0 Å². The van der Waals surface area contributed by atoms with E-state index in [0.717, 1.165) is 25.7 Å². The topological polar surface area (TPSA) is 46.5 Å². The largest absolute Gasteiger partial charge is 0.464 e. The van der Waals surface area contributed by atoms with Crippen LogP contribution in [0.25, 0.3) is 0 Å². The number of unbranched alkanes of at least 4 members (excludes halogenated alkanes) is 18. The van der Waals surface area contributed by atoms with Crippen LogP contribution in [0.2, 0.25) is 0 Å². The van der Waals surface area contributed by atoms with Crippen molar-refractivity contribution in [1.82, 2.24) is 0 Å². The van der Waals surface area contributed by atoms with E-state index in [0.29, 0.717) is 13.0 Å². The van der Waals surface area contributed by atoms with Gasteiger partial charge in [-0.3, -0.25) is 0 Å². The van der Waals surface area contributed by atoms with E-state index in [9.17, 15) is 9.90 Å². The molecule has 0 saturated carbocycles. The molecule has 0 aromatic carbocycles. The van der Waals surface area contributed by atoms with Gasteiger partial charge in [-0.15, -0.1) is 0 Å². The molecule has 1 N–H and O–H groups in total. The van der Waals surface area contributed by atoms with E-state index in [4.69, 9.17) is 4.74 Å². The molecule has 0 aliphatic carbocycles. The summed E-state index contributed by atoms with van der Waals surface area (Å²) >= 11 is 0. The third-order valence-corrected chi connectivity index (χ3v) is 5.85. The minimum Gasteiger partial charge on any atom is -0.464 e. The zero-order chi connectivity index (χ0) is 21.4. The molecule has 1 unspecified atom stereocenters. The number of esters is 1. The molecule has 0 aliphatic heterocycles. The van der Waals surface area contributed by atoms with E-state index in [1.165, 1.54) is 103 Å². The van der Waals surface area contributed by atoms with Crippen LogP contribution in [0.15, 0.2) is 0 Å². The fraction of sp³-hybridized carbons (Fsp3) is 0.962. The molecular weight excluding hydrogens is 360 g/mol. The molecule has 0 fully saturated rings. The third-order valence-electron chi connectivity index (χ3n) is 5.85. The van der Waals surface area contributed by atoms with Crippen molar-refractivity contribution < 1.29 is 14.6 Å². The predicted octanol–water partition coefficient (Wildman–Crippen LogP) is 8.12. The smallest absolute Gasteiger partial charge is 0.334 e. The minimum absolute atomic E-state index is 0.428. The van der Waals surface area contributed by atoms with E-state index in [1.807, 2.05) is 0 Å². The number of aliphatic hydroxyl groups excluding tert-OH is 1. The number of ether oxygens (including phenoxy) is 1. The SMILES string of the molecule is CCCCCCCCCCCCCCCCCCOC(=O)C(O)CCCCCC. The highest BCUT2D eigenvalue weighted by atomic mass is 16.5. The van der Waals surface area contributed by atoms with Gasteiger partial charge in [0.2, 0.25) is 0 Å². The van der Waals surface area contributed by atoms with Gasteiger partial charge in [0.25, 0.3) is 0 Å². The number of aliphatic hydroxyl groups is 1. The Morgan fingerprint density at radius 2 is 0.931 bits per heavy atom. The average Bonchev–Trinajstić information content (AvgIpc) is 2.73. The van der Waals surface area contributed by atoms with Gasteiger partial charge >= 0.3 is 5.97 Å². The summed E-state index contributed by atoms with van der Waals surface area (Å²) in [6, 6.07) is 0. The average molecular weight is 413 g/mol. The van der Waals surface area contributed by atoms with Crippen LogP contribution in [-0.2, 0) is 9.53 Å². The van der Waals surface area contributed by atoms with Crippen LogP contribution in [0.5, 0.6) is 0 Å². The second kappa shape index (κ2) is 23.7. The molecule has 0 heterocycles. The lowest BCUT2D eigenvalue weighted by atomic mass is 10.0. The maximum Gasteiger partial charge on any atom is 0.334 e. The summed E-state index contributed by atoms with van der Waals surface area (Å²) in [5.41, 5.74) is 0. The van der Waals surface area contributed by atoms with Gasteiger partial charge in [0.05, 0.1) is 6.61 Å². The van der Waals surface area contributed by atoms with Crippen LogP contribution < -0.4 is 0 Å². The summed E-state index contributed by atoms with van der Waals surface area (Å²) < 4.78 is 5.19. The fourth-order valence-electron chi connectivity index (χ4n) is 3.80. The van der Waals surface area contributed by atoms with Crippen LogP contribution in [0, 0.1) is 0 Å². The molecule has 0 bridgehead atoms. The molecule has 0 saturated heterocycles. The first-order chi connectivity index (χ1) is 14.2. The Kier molecular flexibility index (Phi) is 23.2. The minimum atomic E-state index is -0.923. The number of carbonyl (C=O) groups excluding carboxylic acids is 1. The quantitative estimate of drug-likeness (QED) is 0.136. The summed E-state index contributed by atoms with van der Waals surface area (Å²) in [4.78, 5) is 11.7. The van der Waals surface area contributed by atoms with E-state index in [-0.39, 0.29) is 0 Å². The standard InChI is InChI=1S/C26H52O3/c1-3-5-7-9-10-11-12-13-14-15-16-17-18-19-20-22-24-29-26(28)25(27)23-21-8-6-4-2/h25,27H,3-24H2,1-2H3.